The smallest absolute Gasteiger partial charge is 0.0627 e. The number of ether oxygens (including phenoxy) is 1. The fourth-order valence-electron chi connectivity index (χ4n) is 1.92. The summed E-state index contributed by atoms with van der Waals surface area (Å²) >= 11 is 0. The van der Waals surface area contributed by atoms with Crippen LogP contribution in [0.5, 0.6) is 0 Å². The largest absolute Gasteiger partial charge is 0.377 e. The van der Waals surface area contributed by atoms with Crippen LogP contribution < -0.4 is 5.32 Å². The van der Waals surface area contributed by atoms with Crippen molar-refractivity contribution in [2.24, 2.45) is 11.8 Å². The third-order valence-electron chi connectivity index (χ3n) is 3.45. The molecule has 2 rings (SSSR count). The molecule has 1 aliphatic heterocycles. The molecule has 5 unspecified atom stereocenters. The fourth-order valence-corrected chi connectivity index (χ4v) is 1.92. The molecule has 0 bridgehead atoms. The molecule has 2 nitrogen and oxygen atoms in total. The predicted octanol–water partition coefficient (Wildman–Crippen LogP) is 1.41. The highest BCUT2D eigenvalue weighted by molar-refractivity contribution is 4.95. The van der Waals surface area contributed by atoms with Crippen molar-refractivity contribution in [1.29, 1.82) is 0 Å². The van der Waals surface area contributed by atoms with Crippen LogP contribution in [0, 0.1) is 11.8 Å². The number of rotatable bonds is 2. The molecule has 2 heteroatoms. The van der Waals surface area contributed by atoms with Crippen molar-refractivity contribution in [1.82, 2.24) is 5.32 Å². The molecule has 1 saturated carbocycles. The lowest BCUT2D eigenvalue weighted by atomic mass is 10.0. The zero-order valence-corrected chi connectivity index (χ0v) is 8.21. The van der Waals surface area contributed by atoms with Crippen LogP contribution in [-0.4, -0.2) is 24.8 Å². The van der Waals surface area contributed by atoms with Crippen molar-refractivity contribution in [2.45, 2.75) is 45.4 Å². The van der Waals surface area contributed by atoms with E-state index in [1.54, 1.807) is 0 Å². The third-order valence-corrected chi connectivity index (χ3v) is 3.45. The van der Waals surface area contributed by atoms with E-state index in [2.05, 4.69) is 26.1 Å². The van der Waals surface area contributed by atoms with Crippen molar-refractivity contribution < 1.29 is 4.74 Å². The molecule has 2 aliphatic rings. The van der Waals surface area contributed by atoms with Crippen LogP contribution in [0.4, 0.5) is 0 Å². The minimum atomic E-state index is 0.441. The van der Waals surface area contributed by atoms with Gasteiger partial charge in [0.15, 0.2) is 0 Å². The van der Waals surface area contributed by atoms with Gasteiger partial charge in [0.25, 0.3) is 0 Å². The molecule has 0 radical (unpaired) electrons. The van der Waals surface area contributed by atoms with Crippen LogP contribution in [0.25, 0.3) is 0 Å². The number of hydrogen-bond acceptors (Lipinski definition) is 2. The molecule has 1 saturated heterocycles. The lowest BCUT2D eigenvalue weighted by Crippen LogP contribution is -2.37. The molecule has 1 N–H and O–H groups in total. The van der Waals surface area contributed by atoms with Gasteiger partial charge in [-0.15, -0.1) is 0 Å². The maximum atomic E-state index is 5.58. The highest BCUT2D eigenvalue weighted by Crippen LogP contribution is 2.32. The van der Waals surface area contributed by atoms with Gasteiger partial charge in [0.05, 0.1) is 12.7 Å². The van der Waals surface area contributed by atoms with Gasteiger partial charge in [-0.05, 0) is 25.2 Å². The van der Waals surface area contributed by atoms with Gasteiger partial charge < -0.3 is 10.1 Å². The molecule has 0 aromatic carbocycles. The van der Waals surface area contributed by atoms with Crippen LogP contribution in [0.15, 0.2) is 0 Å². The van der Waals surface area contributed by atoms with Crippen molar-refractivity contribution in [3.63, 3.8) is 0 Å². The molecular weight excluding hydrogens is 150 g/mol. The van der Waals surface area contributed by atoms with Gasteiger partial charge in [-0.25, -0.2) is 0 Å². The van der Waals surface area contributed by atoms with Gasteiger partial charge in [-0.1, -0.05) is 13.8 Å². The molecule has 1 heterocycles. The second-order valence-electron chi connectivity index (χ2n) is 4.49. The first kappa shape index (κ1) is 8.52. The number of hydrogen-bond donors (Lipinski definition) is 1. The fraction of sp³-hybridized carbons (Fsp3) is 1.00. The second kappa shape index (κ2) is 3.00. The summed E-state index contributed by atoms with van der Waals surface area (Å²) in [7, 11) is 0. The number of nitrogens with one attached hydrogen (secondary N) is 1. The summed E-state index contributed by atoms with van der Waals surface area (Å²) in [4.78, 5) is 0. The van der Waals surface area contributed by atoms with E-state index in [4.69, 9.17) is 4.74 Å². The normalized spacial score (nSPS) is 52.8. The molecule has 2 fully saturated rings. The Morgan fingerprint density at radius 1 is 1.17 bits per heavy atom. The third kappa shape index (κ3) is 1.50. The van der Waals surface area contributed by atoms with Crippen LogP contribution in [-0.2, 0) is 4.74 Å². The second-order valence-corrected chi connectivity index (χ2v) is 4.49. The van der Waals surface area contributed by atoms with Gasteiger partial charge in [0, 0.05) is 12.1 Å². The molecule has 5 atom stereocenters. The average molecular weight is 169 g/mol. The summed E-state index contributed by atoms with van der Waals surface area (Å²) in [5, 5.41) is 3.66. The van der Waals surface area contributed by atoms with E-state index in [0.29, 0.717) is 18.1 Å². The SMILES string of the molecule is CC1CC1NC1COC(C)C1C. The summed E-state index contributed by atoms with van der Waals surface area (Å²) in [6, 6.07) is 1.39. The van der Waals surface area contributed by atoms with E-state index in [1.165, 1.54) is 6.42 Å². The van der Waals surface area contributed by atoms with Crippen LogP contribution in [0.3, 0.4) is 0 Å². The van der Waals surface area contributed by atoms with E-state index >= 15 is 0 Å². The molecule has 70 valence electrons. The molecule has 0 aromatic rings. The Bertz CT molecular complexity index is 171. The van der Waals surface area contributed by atoms with Crippen LogP contribution >= 0.6 is 0 Å². The Morgan fingerprint density at radius 3 is 2.25 bits per heavy atom. The van der Waals surface area contributed by atoms with E-state index in [0.717, 1.165) is 18.6 Å². The molecule has 1 aliphatic carbocycles. The van der Waals surface area contributed by atoms with Crippen LogP contribution in [0.1, 0.15) is 27.2 Å². The molecular formula is C10H19NO. The van der Waals surface area contributed by atoms with Crippen molar-refractivity contribution in [3.05, 3.63) is 0 Å². The molecule has 0 aromatic heterocycles. The Hall–Kier alpha value is -0.0800. The summed E-state index contributed by atoms with van der Waals surface area (Å²) in [6.45, 7) is 7.66. The highest BCUT2D eigenvalue weighted by Gasteiger charge is 2.38. The van der Waals surface area contributed by atoms with E-state index < -0.39 is 0 Å². The minimum absolute atomic E-state index is 0.441. The predicted molar refractivity (Wildman–Crippen MR) is 49.1 cm³/mol. The molecule has 12 heavy (non-hydrogen) atoms. The molecule has 0 amide bonds. The van der Waals surface area contributed by atoms with Gasteiger partial charge in [-0.3, -0.25) is 0 Å². The zero-order valence-electron chi connectivity index (χ0n) is 8.21. The monoisotopic (exact) mass is 169 g/mol. The van der Waals surface area contributed by atoms with E-state index in [9.17, 15) is 0 Å². The van der Waals surface area contributed by atoms with E-state index in [1.807, 2.05) is 0 Å². The summed E-state index contributed by atoms with van der Waals surface area (Å²) in [6.07, 6.45) is 1.80. The standard InChI is InChI=1S/C10H19NO/c1-6-4-9(6)11-10-5-12-8(3)7(10)2/h6-11H,4-5H2,1-3H3. The first-order valence-corrected chi connectivity index (χ1v) is 5.06. The van der Waals surface area contributed by atoms with Crippen molar-refractivity contribution in [2.75, 3.05) is 6.61 Å². The topological polar surface area (TPSA) is 21.3 Å². The lowest BCUT2D eigenvalue weighted by molar-refractivity contribution is 0.108. The Labute approximate surface area is 74.7 Å². The summed E-state index contributed by atoms with van der Waals surface area (Å²) < 4.78 is 5.58. The summed E-state index contributed by atoms with van der Waals surface area (Å²) in [5.74, 6) is 1.57. The Balaban J connectivity index is 1.81. The maximum Gasteiger partial charge on any atom is 0.0627 e. The van der Waals surface area contributed by atoms with Gasteiger partial charge in [-0.2, -0.15) is 0 Å². The Kier molecular flexibility index (Phi) is 2.13. The van der Waals surface area contributed by atoms with Crippen molar-refractivity contribution >= 4 is 0 Å². The average Bonchev–Trinajstić information content (AvgIpc) is 2.64. The van der Waals surface area contributed by atoms with Crippen molar-refractivity contribution in [3.8, 4) is 0 Å². The molecule has 0 spiro atoms. The minimum Gasteiger partial charge on any atom is -0.377 e. The van der Waals surface area contributed by atoms with Gasteiger partial charge in [0.2, 0.25) is 0 Å². The van der Waals surface area contributed by atoms with E-state index in [-0.39, 0.29) is 0 Å². The maximum absolute atomic E-state index is 5.58. The highest BCUT2D eigenvalue weighted by atomic mass is 16.5. The van der Waals surface area contributed by atoms with Crippen LogP contribution in [0.2, 0.25) is 0 Å². The summed E-state index contributed by atoms with van der Waals surface area (Å²) in [5.41, 5.74) is 0. The lowest BCUT2D eigenvalue weighted by Gasteiger charge is -2.16. The zero-order chi connectivity index (χ0) is 8.72. The first-order chi connectivity index (χ1) is 5.68. The Morgan fingerprint density at radius 2 is 1.83 bits per heavy atom. The quantitative estimate of drug-likeness (QED) is 0.675. The van der Waals surface area contributed by atoms with Gasteiger partial charge >= 0.3 is 0 Å². The van der Waals surface area contributed by atoms with Gasteiger partial charge in [0.1, 0.15) is 0 Å². The first-order valence-electron chi connectivity index (χ1n) is 5.06.